The SMILES string of the molecule is CC1C[Si](C)(C)[Si]1(C)C. The molecule has 2 heteroatoms. The molecule has 0 nitrogen and oxygen atoms in total. The van der Waals surface area contributed by atoms with E-state index in [4.69, 9.17) is 0 Å². The summed E-state index contributed by atoms with van der Waals surface area (Å²) in [5.74, 6) is 0. The van der Waals surface area contributed by atoms with Gasteiger partial charge in [0.2, 0.25) is 0 Å². The zero-order chi connectivity index (χ0) is 7.28. The highest BCUT2D eigenvalue weighted by Crippen LogP contribution is 2.48. The minimum Gasteiger partial charge on any atom is -0.0713 e. The van der Waals surface area contributed by atoms with Crippen molar-refractivity contribution in [1.29, 1.82) is 0 Å². The van der Waals surface area contributed by atoms with Crippen molar-refractivity contribution in [2.45, 2.75) is 44.7 Å². The number of rotatable bonds is 0. The first-order valence-electron chi connectivity index (χ1n) is 3.88. The third-order valence-corrected chi connectivity index (χ3v) is 24.5. The Bertz CT molecular complexity index is 127. The van der Waals surface area contributed by atoms with Gasteiger partial charge in [-0.2, -0.15) is 0 Å². The average Bonchev–Trinajstić information content (AvgIpc) is 1.65. The Morgan fingerprint density at radius 1 is 1.11 bits per heavy atom. The molecule has 0 N–H and O–H groups in total. The Morgan fingerprint density at radius 2 is 1.56 bits per heavy atom. The summed E-state index contributed by atoms with van der Waals surface area (Å²) in [5, 5.41) is 0. The predicted octanol–water partition coefficient (Wildman–Crippen LogP) is 2.89. The van der Waals surface area contributed by atoms with E-state index in [2.05, 4.69) is 33.1 Å². The Labute approximate surface area is 60.5 Å². The fourth-order valence-electron chi connectivity index (χ4n) is 1.82. The first-order valence-corrected chi connectivity index (χ1v) is 11.2. The van der Waals surface area contributed by atoms with E-state index in [0.717, 1.165) is 5.54 Å². The van der Waals surface area contributed by atoms with E-state index in [1.165, 1.54) is 0 Å². The van der Waals surface area contributed by atoms with Crippen LogP contribution in [0, 0.1) is 0 Å². The lowest BCUT2D eigenvalue weighted by molar-refractivity contribution is 0.950. The molecule has 1 rings (SSSR count). The maximum atomic E-state index is 2.58. The highest BCUT2D eigenvalue weighted by Gasteiger charge is 2.54. The normalized spacial score (nSPS) is 37.7. The van der Waals surface area contributed by atoms with Gasteiger partial charge in [0.15, 0.2) is 0 Å². The Balaban J connectivity index is 2.70. The highest BCUT2D eigenvalue weighted by molar-refractivity contribution is 7.45. The monoisotopic (exact) mass is 158 g/mol. The molecule has 0 aromatic rings. The van der Waals surface area contributed by atoms with Crippen LogP contribution in [0.5, 0.6) is 0 Å². The molecular formula is C7H18Si2. The van der Waals surface area contributed by atoms with Gasteiger partial charge in [-0.3, -0.25) is 0 Å². The highest BCUT2D eigenvalue weighted by atomic mass is 29.3. The first-order chi connectivity index (χ1) is 3.88. The van der Waals surface area contributed by atoms with Crippen molar-refractivity contribution >= 4 is 15.2 Å². The molecule has 0 aliphatic carbocycles. The quantitative estimate of drug-likeness (QED) is 0.476. The van der Waals surface area contributed by atoms with Crippen LogP contribution in [0.2, 0.25) is 37.8 Å². The zero-order valence-electron chi connectivity index (χ0n) is 7.28. The van der Waals surface area contributed by atoms with Gasteiger partial charge in [0, 0.05) is 15.2 Å². The van der Waals surface area contributed by atoms with Gasteiger partial charge in [-0.15, -0.1) is 0 Å². The van der Waals surface area contributed by atoms with Crippen LogP contribution >= 0.6 is 0 Å². The zero-order valence-corrected chi connectivity index (χ0v) is 9.28. The van der Waals surface area contributed by atoms with Crippen molar-refractivity contribution in [2.75, 3.05) is 0 Å². The van der Waals surface area contributed by atoms with Gasteiger partial charge in [-0.1, -0.05) is 44.7 Å². The average molecular weight is 158 g/mol. The Morgan fingerprint density at radius 3 is 1.56 bits per heavy atom. The van der Waals surface area contributed by atoms with E-state index in [9.17, 15) is 0 Å². The molecule has 0 aromatic heterocycles. The van der Waals surface area contributed by atoms with Crippen LogP contribution < -0.4 is 0 Å². The minimum absolute atomic E-state index is 0.602. The van der Waals surface area contributed by atoms with Crippen LogP contribution in [-0.2, 0) is 0 Å². The van der Waals surface area contributed by atoms with E-state index < -0.39 is 15.2 Å². The van der Waals surface area contributed by atoms with E-state index in [-0.39, 0.29) is 0 Å². The minimum atomic E-state index is -0.643. The summed E-state index contributed by atoms with van der Waals surface area (Å²) in [6, 6.07) is 1.60. The molecule has 1 heterocycles. The molecule has 0 bridgehead atoms. The van der Waals surface area contributed by atoms with E-state index in [1.54, 1.807) is 6.04 Å². The predicted molar refractivity (Wildman–Crippen MR) is 49.2 cm³/mol. The summed E-state index contributed by atoms with van der Waals surface area (Å²) < 4.78 is 0. The molecule has 0 aromatic carbocycles. The van der Waals surface area contributed by atoms with Gasteiger partial charge in [0.25, 0.3) is 0 Å². The van der Waals surface area contributed by atoms with Crippen molar-refractivity contribution in [3.8, 4) is 0 Å². The van der Waals surface area contributed by atoms with Gasteiger partial charge >= 0.3 is 0 Å². The second kappa shape index (κ2) is 1.73. The second-order valence-electron chi connectivity index (χ2n) is 4.71. The first kappa shape index (κ1) is 7.54. The van der Waals surface area contributed by atoms with Crippen LogP contribution in [0.1, 0.15) is 6.92 Å². The number of hydrogen-bond donors (Lipinski definition) is 0. The molecule has 1 saturated heterocycles. The van der Waals surface area contributed by atoms with Crippen LogP contribution in [0.15, 0.2) is 0 Å². The summed E-state index contributed by atoms with van der Waals surface area (Å²) in [4.78, 5) is 0. The maximum absolute atomic E-state index is 2.58. The molecule has 1 aliphatic heterocycles. The van der Waals surface area contributed by atoms with Crippen LogP contribution in [0.25, 0.3) is 0 Å². The van der Waals surface area contributed by atoms with Crippen LogP contribution in [0.3, 0.4) is 0 Å². The smallest absolute Gasteiger partial charge is 0.0437 e. The lowest BCUT2D eigenvalue weighted by Crippen LogP contribution is -2.66. The fraction of sp³-hybridized carbons (Fsp3) is 1.00. The molecule has 0 radical (unpaired) electrons. The standard InChI is InChI=1S/C7H18Si2/c1-7-6-8(2,3)9(7,4)5/h7H,6H2,1-5H3. The van der Waals surface area contributed by atoms with Crippen molar-refractivity contribution in [3.63, 3.8) is 0 Å². The van der Waals surface area contributed by atoms with Gasteiger partial charge in [0.05, 0.1) is 0 Å². The number of hydrogen-bond acceptors (Lipinski definition) is 0. The van der Waals surface area contributed by atoms with Gasteiger partial charge in [0.1, 0.15) is 0 Å². The molecule has 0 saturated carbocycles. The molecule has 0 amide bonds. The lowest BCUT2D eigenvalue weighted by atomic mass is 10.5. The molecular weight excluding hydrogens is 140 g/mol. The van der Waals surface area contributed by atoms with Gasteiger partial charge < -0.3 is 0 Å². The third-order valence-electron chi connectivity index (χ3n) is 3.79. The van der Waals surface area contributed by atoms with E-state index in [0.29, 0.717) is 0 Å². The summed E-state index contributed by atoms with van der Waals surface area (Å²) in [7, 11) is -1.25. The molecule has 1 atom stereocenters. The van der Waals surface area contributed by atoms with E-state index >= 15 is 0 Å². The van der Waals surface area contributed by atoms with Gasteiger partial charge in [-0.05, 0) is 0 Å². The topological polar surface area (TPSA) is 0 Å². The van der Waals surface area contributed by atoms with Crippen molar-refractivity contribution in [1.82, 2.24) is 0 Å². The molecule has 54 valence electrons. The van der Waals surface area contributed by atoms with Crippen molar-refractivity contribution in [3.05, 3.63) is 0 Å². The summed E-state index contributed by atoms with van der Waals surface area (Å²) >= 11 is 0. The largest absolute Gasteiger partial charge is 0.0713 e. The fourth-order valence-corrected chi connectivity index (χ4v) is 13.9. The summed E-state index contributed by atoms with van der Waals surface area (Å²) in [6.07, 6.45) is 0. The van der Waals surface area contributed by atoms with Crippen LogP contribution in [0.4, 0.5) is 0 Å². The second-order valence-corrected chi connectivity index (χ2v) is 21.2. The summed E-state index contributed by atoms with van der Waals surface area (Å²) in [6.45, 7) is 12.7. The van der Waals surface area contributed by atoms with Crippen molar-refractivity contribution < 1.29 is 0 Å². The molecule has 1 aliphatic rings. The Hall–Kier alpha value is 0.434. The maximum Gasteiger partial charge on any atom is 0.0437 e. The van der Waals surface area contributed by atoms with Crippen molar-refractivity contribution in [2.24, 2.45) is 0 Å². The molecule has 9 heavy (non-hydrogen) atoms. The summed E-state index contributed by atoms with van der Waals surface area (Å²) in [5.41, 5.74) is 1.12. The molecule has 0 spiro atoms. The van der Waals surface area contributed by atoms with Gasteiger partial charge in [-0.25, -0.2) is 0 Å². The van der Waals surface area contributed by atoms with E-state index in [1.807, 2.05) is 0 Å². The van der Waals surface area contributed by atoms with Crippen LogP contribution in [-0.4, -0.2) is 15.2 Å². The Kier molecular flexibility index (Phi) is 1.45. The molecule has 1 unspecified atom stereocenters. The molecule has 1 fully saturated rings. The third kappa shape index (κ3) is 0.836. The lowest BCUT2D eigenvalue weighted by Gasteiger charge is -2.55.